The van der Waals surface area contributed by atoms with Gasteiger partial charge in [-0.15, -0.1) is 0 Å². The molecule has 0 radical (unpaired) electrons. The van der Waals surface area contributed by atoms with Gasteiger partial charge in [-0.2, -0.15) is 0 Å². The predicted octanol–water partition coefficient (Wildman–Crippen LogP) is 1.21. The molecule has 1 N–H and O–H groups in total. The molecule has 1 saturated heterocycles. The van der Waals surface area contributed by atoms with Gasteiger partial charge in [-0.3, -0.25) is 9.69 Å². The van der Waals surface area contributed by atoms with Crippen molar-refractivity contribution in [2.24, 2.45) is 0 Å². The third kappa shape index (κ3) is 4.31. The van der Waals surface area contributed by atoms with Crippen molar-refractivity contribution in [1.29, 1.82) is 0 Å². The first-order chi connectivity index (χ1) is 9.54. The minimum absolute atomic E-state index is 0.200. The Labute approximate surface area is 119 Å². The second kappa shape index (κ2) is 6.85. The highest BCUT2D eigenvalue weighted by atomic mass is 16.5. The van der Waals surface area contributed by atoms with Crippen LogP contribution in [-0.2, 0) is 4.74 Å². The number of rotatable bonds is 5. The SMILES string of the molecule is Cc1cc(C(=O)NCCCN2CC(C)OC(C)C2)on1. The molecular weight excluding hydrogens is 258 g/mol. The highest BCUT2D eigenvalue weighted by Gasteiger charge is 2.21. The van der Waals surface area contributed by atoms with E-state index < -0.39 is 0 Å². The van der Waals surface area contributed by atoms with Crippen molar-refractivity contribution in [1.82, 2.24) is 15.4 Å². The first-order valence-electron chi connectivity index (χ1n) is 7.14. The summed E-state index contributed by atoms with van der Waals surface area (Å²) in [4.78, 5) is 14.1. The Hall–Kier alpha value is -1.40. The van der Waals surface area contributed by atoms with E-state index >= 15 is 0 Å². The Kier molecular flexibility index (Phi) is 5.14. The number of hydrogen-bond donors (Lipinski definition) is 1. The number of ether oxygens (including phenoxy) is 1. The molecule has 1 aliphatic rings. The summed E-state index contributed by atoms with van der Waals surface area (Å²) in [5, 5.41) is 6.54. The monoisotopic (exact) mass is 281 g/mol. The Morgan fingerprint density at radius 3 is 2.75 bits per heavy atom. The lowest BCUT2D eigenvalue weighted by atomic mass is 10.2. The molecule has 1 aliphatic heterocycles. The number of hydrogen-bond acceptors (Lipinski definition) is 5. The van der Waals surface area contributed by atoms with Gasteiger partial charge in [-0.25, -0.2) is 0 Å². The molecule has 112 valence electrons. The van der Waals surface area contributed by atoms with Crippen LogP contribution in [0.2, 0.25) is 0 Å². The Bertz CT molecular complexity index is 437. The molecule has 6 nitrogen and oxygen atoms in total. The van der Waals surface area contributed by atoms with Crippen LogP contribution in [0.1, 0.15) is 36.5 Å². The average molecular weight is 281 g/mol. The third-order valence-corrected chi connectivity index (χ3v) is 3.28. The molecule has 0 aromatic carbocycles. The van der Waals surface area contributed by atoms with Crippen molar-refractivity contribution < 1.29 is 14.1 Å². The average Bonchev–Trinajstić information content (AvgIpc) is 2.80. The number of morpholine rings is 1. The van der Waals surface area contributed by atoms with E-state index in [0.717, 1.165) is 26.1 Å². The topological polar surface area (TPSA) is 67.6 Å². The van der Waals surface area contributed by atoms with Crippen LogP contribution in [0.3, 0.4) is 0 Å². The molecule has 2 rings (SSSR count). The zero-order chi connectivity index (χ0) is 14.5. The fourth-order valence-electron chi connectivity index (χ4n) is 2.53. The molecule has 2 unspecified atom stereocenters. The quantitative estimate of drug-likeness (QED) is 0.822. The summed E-state index contributed by atoms with van der Waals surface area (Å²) < 4.78 is 10.6. The highest BCUT2D eigenvalue weighted by molar-refractivity contribution is 5.91. The van der Waals surface area contributed by atoms with Gasteiger partial charge in [0.15, 0.2) is 0 Å². The van der Waals surface area contributed by atoms with E-state index in [1.54, 1.807) is 13.0 Å². The largest absolute Gasteiger partial charge is 0.373 e. The first-order valence-corrected chi connectivity index (χ1v) is 7.14. The summed E-state index contributed by atoms with van der Waals surface area (Å²) in [7, 11) is 0. The summed E-state index contributed by atoms with van der Waals surface area (Å²) in [6.07, 6.45) is 1.48. The molecule has 20 heavy (non-hydrogen) atoms. The molecule has 6 heteroatoms. The van der Waals surface area contributed by atoms with Crippen LogP contribution in [-0.4, -0.2) is 54.4 Å². The van der Waals surface area contributed by atoms with E-state index in [9.17, 15) is 4.79 Å². The van der Waals surface area contributed by atoms with Crippen molar-refractivity contribution in [3.63, 3.8) is 0 Å². The van der Waals surface area contributed by atoms with Crippen LogP contribution in [0.25, 0.3) is 0 Å². The second-order valence-electron chi connectivity index (χ2n) is 5.46. The van der Waals surface area contributed by atoms with Gasteiger partial charge in [0.25, 0.3) is 5.91 Å². The van der Waals surface area contributed by atoms with E-state index in [4.69, 9.17) is 9.26 Å². The van der Waals surface area contributed by atoms with Crippen LogP contribution in [0, 0.1) is 6.92 Å². The number of amides is 1. The van der Waals surface area contributed by atoms with Gasteiger partial charge in [-0.1, -0.05) is 5.16 Å². The molecule has 1 aromatic rings. The molecule has 2 heterocycles. The summed E-state index contributed by atoms with van der Waals surface area (Å²) in [6.45, 7) is 9.50. The van der Waals surface area contributed by atoms with Crippen LogP contribution < -0.4 is 5.32 Å². The number of carbonyl (C=O) groups is 1. The fourth-order valence-corrected chi connectivity index (χ4v) is 2.53. The molecular formula is C14H23N3O3. The van der Waals surface area contributed by atoms with Gasteiger partial charge in [-0.05, 0) is 27.2 Å². The number of nitrogens with one attached hydrogen (secondary N) is 1. The molecule has 0 bridgehead atoms. The Morgan fingerprint density at radius 2 is 2.15 bits per heavy atom. The molecule has 0 aliphatic carbocycles. The van der Waals surface area contributed by atoms with Gasteiger partial charge in [0.1, 0.15) is 0 Å². The maximum Gasteiger partial charge on any atom is 0.289 e. The lowest BCUT2D eigenvalue weighted by Crippen LogP contribution is -2.46. The van der Waals surface area contributed by atoms with Crippen molar-refractivity contribution in [3.8, 4) is 0 Å². The van der Waals surface area contributed by atoms with E-state index in [1.807, 2.05) is 0 Å². The Morgan fingerprint density at radius 1 is 1.45 bits per heavy atom. The van der Waals surface area contributed by atoms with Gasteiger partial charge >= 0.3 is 0 Å². The van der Waals surface area contributed by atoms with Crippen LogP contribution in [0.15, 0.2) is 10.6 Å². The van der Waals surface area contributed by atoms with Gasteiger partial charge < -0.3 is 14.6 Å². The van der Waals surface area contributed by atoms with Gasteiger partial charge in [0, 0.05) is 32.2 Å². The number of carbonyl (C=O) groups excluding carboxylic acids is 1. The Balaban J connectivity index is 1.65. The minimum Gasteiger partial charge on any atom is -0.373 e. The zero-order valence-electron chi connectivity index (χ0n) is 12.4. The minimum atomic E-state index is -0.200. The maximum absolute atomic E-state index is 11.7. The summed E-state index contributed by atoms with van der Waals surface area (Å²) in [5.74, 6) is 0.0745. The van der Waals surface area contributed by atoms with E-state index in [1.165, 1.54) is 0 Å². The normalized spacial score (nSPS) is 23.8. The van der Waals surface area contributed by atoms with Gasteiger partial charge in [0.05, 0.1) is 17.9 Å². The maximum atomic E-state index is 11.7. The fraction of sp³-hybridized carbons (Fsp3) is 0.714. The molecule has 1 fully saturated rings. The number of aryl methyl sites for hydroxylation is 1. The molecule has 0 spiro atoms. The van der Waals surface area contributed by atoms with Gasteiger partial charge in [0.2, 0.25) is 5.76 Å². The van der Waals surface area contributed by atoms with Crippen molar-refractivity contribution in [2.75, 3.05) is 26.2 Å². The third-order valence-electron chi connectivity index (χ3n) is 3.28. The van der Waals surface area contributed by atoms with Crippen LogP contribution in [0.4, 0.5) is 0 Å². The zero-order valence-corrected chi connectivity index (χ0v) is 12.4. The summed E-state index contributed by atoms with van der Waals surface area (Å²) >= 11 is 0. The summed E-state index contributed by atoms with van der Waals surface area (Å²) in [5.41, 5.74) is 0.714. The molecule has 2 atom stereocenters. The molecule has 1 aromatic heterocycles. The van der Waals surface area contributed by atoms with Crippen LogP contribution >= 0.6 is 0 Å². The van der Waals surface area contributed by atoms with Crippen molar-refractivity contribution in [3.05, 3.63) is 17.5 Å². The van der Waals surface area contributed by atoms with E-state index in [2.05, 4.69) is 29.2 Å². The lowest BCUT2D eigenvalue weighted by molar-refractivity contribution is -0.0680. The van der Waals surface area contributed by atoms with Crippen molar-refractivity contribution >= 4 is 5.91 Å². The predicted molar refractivity (Wildman–Crippen MR) is 74.6 cm³/mol. The van der Waals surface area contributed by atoms with Crippen molar-refractivity contribution in [2.45, 2.75) is 39.4 Å². The summed E-state index contributed by atoms with van der Waals surface area (Å²) in [6, 6.07) is 1.64. The smallest absolute Gasteiger partial charge is 0.289 e. The molecule has 1 amide bonds. The van der Waals surface area contributed by atoms with E-state index in [-0.39, 0.29) is 23.9 Å². The first kappa shape index (κ1) is 15.0. The standard InChI is InChI=1S/C14H23N3O3/c1-10-7-13(20-16-10)14(18)15-5-4-6-17-8-11(2)19-12(3)9-17/h7,11-12H,4-6,8-9H2,1-3H3,(H,15,18). The second-order valence-corrected chi connectivity index (χ2v) is 5.46. The number of aromatic nitrogens is 1. The molecule has 0 saturated carbocycles. The highest BCUT2D eigenvalue weighted by Crippen LogP contribution is 2.10. The van der Waals surface area contributed by atoms with Crippen LogP contribution in [0.5, 0.6) is 0 Å². The van der Waals surface area contributed by atoms with E-state index in [0.29, 0.717) is 12.2 Å². The number of nitrogens with zero attached hydrogens (tertiary/aromatic N) is 2. The lowest BCUT2D eigenvalue weighted by Gasteiger charge is -2.35.